The maximum absolute atomic E-state index is 12.7. The highest BCUT2D eigenvalue weighted by molar-refractivity contribution is 5.85. The van der Waals surface area contributed by atoms with E-state index < -0.39 is 0 Å². The van der Waals surface area contributed by atoms with Crippen LogP contribution in [0.15, 0.2) is 6.07 Å². The Labute approximate surface area is 183 Å². The molecule has 0 bridgehead atoms. The molecule has 0 aromatic carbocycles. The molecule has 1 unspecified atom stereocenters. The molecule has 8 nitrogen and oxygen atoms in total. The predicted octanol–water partition coefficient (Wildman–Crippen LogP) is 3.54. The summed E-state index contributed by atoms with van der Waals surface area (Å²) in [6.07, 6.45) is 11.3. The van der Waals surface area contributed by atoms with Crippen molar-refractivity contribution >= 4 is 23.5 Å². The first-order valence-corrected chi connectivity index (χ1v) is 11.8. The van der Waals surface area contributed by atoms with Gasteiger partial charge in [-0.05, 0) is 44.9 Å². The van der Waals surface area contributed by atoms with Gasteiger partial charge in [0.25, 0.3) is 0 Å². The van der Waals surface area contributed by atoms with Gasteiger partial charge in [-0.15, -0.1) is 0 Å². The van der Waals surface area contributed by atoms with Gasteiger partial charge in [0.2, 0.25) is 11.9 Å². The van der Waals surface area contributed by atoms with Crippen LogP contribution in [0.25, 0.3) is 0 Å². The maximum Gasteiger partial charge on any atom is 0.244 e. The van der Waals surface area contributed by atoms with Gasteiger partial charge in [0.15, 0.2) is 5.82 Å². The van der Waals surface area contributed by atoms with Crippen LogP contribution < -0.4 is 10.2 Å². The second-order valence-corrected chi connectivity index (χ2v) is 9.40. The van der Waals surface area contributed by atoms with Crippen molar-refractivity contribution in [3.05, 3.63) is 23.0 Å². The fourth-order valence-electron chi connectivity index (χ4n) is 5.36. The number of anilines is 3. The number of carbonyl (C=O) groups is 1. The van der Waals surface area contributed by atoms with Crippen LogP contribution in [0.5, 0.6) is 0 Å². The van der Waals surface area contributed by atoms with Gasteiger partial charge in [0, 0.05) is 43.9 Å². The highest BCUT2D eigenvalue weighted by atomic mass is 16.2. The van der Waals surface area contributed by atoms with Crippen molar-refractivity contribution in [3.8, 4) is 0 Å². The van der Waals surface area contributed by atoms with Crippen LogP contribution in [0, 0.1) is 0 Å². The van der Waals surface area contributed by atoms with Crippen molar-refractivity contribution in [2.24, 2.45) is 0 Å². The molecule has 2 fully saturated rings. The average molecular weight is 424 g/mol. The summed E-state index contributed by atoms with van der Waals surface area (Å²) in [5.41, 5.74) is 3.53. The number of rotatable bonds is 5. The number of aromatic amines is 1. The third kappa shape index (κ3) is 4.00. The molecule has 2 aromatic rings. The molecule has 0 spiro atoms. The Bertz CT molecular complexity index is 947. The van der Waals surface area contributed by atoms with Gasteiger partial charge in [0.1, 0.15) is 11.9 Å². The summed E-state index contributed by atoms with van der Waals surface area (Å²) in [6.45, 7) is 0.816. The van der Waals surface area contributed by atoms with E-state index in [1.165, 1.54) is 43.4 Å². The van der Waals surface area contributed by atoms with E-state index in [1.54, 1.807) is 4.90 Å². The Morgan fingerprint density at radius 1 is 1.10 bits per heavy atom. The number of amides is 1. The van der Waals surface area contributed by atoms with Gasteiger partial charge >= 0.3 is 0 Å². The minimum Gasteiger partial charge on any atom is -0.347 e. The number of fused-ring (bicyclic) bond motifs is 1. The van der Waals surface area contributed by atoms with Crippen molar-refractivity contribution in [3.63, 3.8) is 0 Å². The standard InChI is InChI=1S/C23H33N7O/c1-29(2)22(31)19-12-7-13-30(19)23-24-17-11-6-10-16(17)21(26-23)25-20-14-18(27-28-20)15-8-4-3-5-9-15/h14-15,19H,3-13H2,1-2H3,(H2,24,25,26,27,28). The number of hydrogen-bond donors (Lipinski definition) is 2. The minimum atomic E-state index is -0.175. The summed E-state index contributed by atoms with van der Waals surface area (Å²) in [7, 11) is 3.63. The van der Waals surface area contributed by atoms with Crippen LogP contribution in [0.3, 0.4) is 0 Å². The number of nitrogens with one attached hydrogen (secondary N) is 2. The summed E-state index contributed by atoms with van der Waals surface area (Å²) >= 11 is 0. The molecule has 3 aliphatic rings. The second-order valence-electron chi connectivity index (χ2n) is 9.40. The van der Waals surface area contributed by atoms with E-state index in [-0.39, 0.29) is 11.9 Å². The summed E-state index contributed by atoms with van der Waals surface area (Å²) in [4.78, 5) is 26.2. The zero-order valence-electron chi connectivity index (χ0n) is 18.7. The fourth-order valence-corrected chi connectivity index (χ4v) is 5.36. The van der Waals surface area contributed by atoms with Gasteiger partial charge in [-0.3, -0.25) is 9.89 Å². The molecule has 5 rings (SSSR count). The Kier molecular flexibility index (Phi) is 5.54. The number of hydrogen-bond acceptors (Lipinski definition) is 6. The first-order chi connectivity index (χ1) is 15.1. The monoisotopic (exact) mass is 423 g/mol. The summed E-state index contributed by atoms with van der Waals surface area (Å²) in [5, 5.41) is 11.3. The molecular weight excluding hydrogens is 390 g/mol. The van der Waals surface area contributed by atoms with E-state index >= 15 is 0 Å². The highest BCUT2D eigenvalue weighted by Crippen LogP contribution is 2.35. The lowest BCUT2D eigenvalue weighted by Gasteiger charge is -2.27. The van der Waals surface area contributed by atoms with E-state index in [2.05, 4.69) is 26.5 Å². The predicted molar refractivity (Wildman–Crippen MR) is 121 cm³/mol. The van der Waals surface area contributed by atoms with Gasteiger partial charge < -0.3 is 15.1 Å². The van der Waals surface area contributed by atoms with E-state index in [0.29, 0.717) is 11.9 Å². The van der Waals surface area contributed by atoms with E-state index in [1.807, 2.05) is 14.1 Å². The van der Waals surface area contributed by atoms with Crippen LogP contribution in [-0.4, -0.2) is 57.7 Å². The number of likely N-dealkylation sites (N-methyl/N-ethyl adjacent to an activating group) is 1. The lowest BCUT2D eigenvalue weighted by molar-refractivity contribution is -0.129. The van der Waals surface area contributed by atoms with Crippen LogP contribution >= 0.6 is 0 Å². The normalized spacial score (nSPS) is 21.4. The molecule has 166 valence electrons. The maximum atomic E-state index is 12.7. The Morgan fingerprint density at radius 2 is 1.94 bits per heavy atom. The minimum absolute atomic E-state index is 0.125. The fraction of sp³-hybridized carbons (Fsp3) is 0.652. The van der Waals surface area contributed by atoms with E-state index in [4.69, 9.17) is 9.97 Å². The van der Waals surface area contributed by atoms with Crippen molar-refractivity contribution in [2.75, 3.05) is 30.9 Å². The molecule has 1 saturated heterocycles. The largest absolute Gasteiger partial charge is 0.347 e. The summed E-state index contributed by atoms with van der Waals surface area (Å²) in [6, 6.07) is 1.97. The third-order valence-electron chi connectivity index (χ3n) is 7.05. The van der Waals surface area contributed by atoms with Crippen LogP contribution in [0.4, 0.5) is 17.6 Å². The lowest BCUT2D eigenvalue weighted by atomic mass is 9.87. The van der Waals surface area contributed by atoms with Gasteiger partial charge in [-0.25, -0.2) is 4.98 Å². The molecule has 1 atom stereocenters. The van der Waals surface area contributed by atoms with Gasteiger partial charge in [-0.1, -0.05) is 19.3 Å². The van der Waals surface area contributed by atoms with Crippen molar-refractivity contribution < 1.29 is 4.79 Å². The van der Waals surface area contributed by atoms with Crippen molar-refractivity contribution in [1.82, 2.24) is 25.1 Å². The smallest absolute Gasteiger partial charge is 0.244 e. The quantitative estimate of drug-likeness (QED) is 0.765. The van der Waals surface area contributed by atoms with E-state index in [9.17, 15) is 4.79 Å². The van der Waals surface area contributed by atoms with Crippen LogP contribution in [-0.2, 0) is 17.6 Å². The molecule has 0 radical (unpaired) electrons. The molecule has 2 N–H and O–H groups in total. The van der Waals surface area contributed by atoms with Gasteiger partial charge in [-0.2, -0.15) is 10.1 Å². The Hall–Kier alpha value is -2.64. The number of H-pyrrole nitrogens is 1. The number of nitrogens with zero attached hydrogens (tertiary/aromatic N) is 5. The van der Waals surface area contributed by atoms with Crippen LogP contribution in [0.1, 0.15) is 74.2 Å². The van der Waals surface area contributed by atoms with Crippen LogP contribution in [0.2, 0.25) is 0 Å². The molecule has 31 heavy (non-hydrogen) atoms. The Morgan fingerprint density at radius 3 is 2.74 bits per heavy atom. The van der Waals surface area contributed by atoms with Crippen molar-refractivity contribution in [2.45, 2.75) is 76.2 Å². The topological polar surface area (TPSA) is 90.0 Å². The molecule has 3 heterocycles. The molecule has 2 aromatic heterocycles. The molecule has 2 aliphatic carbocycles. The van der Waals surface area contributed by atoms with Gasteiger partial charge in [0.05, 0.1) is 5.69 Å². The summed E-state index contributed by atoms with van der Waals surface area (Å²) in [5.74, 6) is 3.05. The van der Waals surface area contributed by atoms with Crippen molar-refractivity contribution in [1.29, 1.82) is 0 Å². The lowest BCUT2D eigenvalue weighted by Crippen LogP contribution is -2.43. The molecule has 8 heteroatoms. The highest BCUT2D eigenvalue weighted by Gasteiger charge is 2.34. The second kappa shape index (κ2) is 8.48. The Balaban J connectivity index is 1.41. The SMILES string of the molecule is CN(C)C(=O)C1CCCN1c1nc2c(c(Nc3cc(C4CCCCC4)[nH]n3)n1)CCC2. The number of aryl methyl sites for hydroxylation is 1. The van der Waals surface area contributed by atoms with E-state index in [0.717, 1.165) is 56.0 Å². The molecule has 1 saturated carbocycles. The molecule has 1 aliphatic heterocycles. The average Bonchev–Trinajstić information content (AvgIpc) is 3.53. The zero-order valence-corrected chi connectivity index (χ0v) is 18.7. The first kappa shape index (κ1) is 20.3. The summed E-state index contributed by atoms with van der Waals surface area (Å²) < 4.78 is 0. The first-order valence-electron chi connectivity index (χ1n) is 11.8. The molecular formula is C23H33N7O. The number of aromatic nitrogens is 4. The number of carbonyl (C=O) groups excluding carboxylic acids is 1. The third-order valence-corrected chi connectivity index (χ3v) is 7.05. The molecule has 1 amide bonds. The zero-order chi connectivity index (χ0) is 21.4.